The summed E-state index contributed by atoms with van der Waals surface area (Å²) in [6, 6.07) is 12.7. The van der Waals surface area contributed by atoms with Crippen LogP contribution in [0.4, 0.5) is 4.39 Å². The van der Waals surface area contributed by atoms with Crippen molar-refractivity contribution < 1.29 is 4.39 Å². The summed E-state index contributed by atoms with van der Waals surface area (Å²) in [7, 11) is 0. The van der Waals surface area contributed by atoms with E-state index in [2.05, 4.69) is 22.4 Å². The van der Waals surface area contributed by atoms with Crippen molar-refractivity contribution in [1.82, 2.24) is 9.38 Å². The Hall–Kier alpha value is -2.16. The van der Waals surface area contributed by atoms with Gasteiger partial charge < -0.3 is 4.40 Å². The number of pyridine rings is 1. The number of hydrogen-bond donors (Lipinski definition) is 0. The lowest BCUT2D eigenvalue weighted by Gasteiger charge is -2.05. The van der Waals surface area contributed by atoms with Gasteiger partial charge in [-0.15, -0.1) is 0 Å². The van der Waals surface area contributed by atoms with Crippen molar-refractivity contribution in [3.05, 3.63) is 71.6 Å². The Kier molecular flexibility index (Phi) is 2.59. The summed E-state index contributed by atoms with van der Waals surface area (Å²) in [5.41, 5.74) is 3.31. The first-order chi connectivity index (χ1) is 8.74. The smallest absolute Gasteiger partial charge is 0.123 e. The highest BCUT2D eigenvalue weighted by Crippen LogP contribution is 2.14. The van der Waals surface area contributed by atoms with Crippen LogP contribution in [0.15, 0.2) is 48.7 Å². The van der Waals surface area contributed by atoms with Crippen LogP contribution in [0.3, 0.4) is 0 Å². The Balaban J connectivity index is 2.02. The molecule has 0 atom stereocenters. The standard InChI is InChI=1S/C15H13FN2/c1-11-3-2-4-14-10-17-15(18(11)14)9-12-5-7-13(16)8-6-12/h2-8,10H,9H2,1H3. The van der Waals surface area contributed by atoms with Crippen LogP contribution >= 0.6 is 0 Å². The number of fused-ring (bicyclic) bond motifs is 1. The van der Waals surface area contributed by atoms with Gasteiger partial charge in [0.15, 0.2) is 0 Å². The van der Waals surface area contributed by atoms with E-state index >= 15 is 0 Å². The third-order valence-corrected chi connectivity index (χ3v) is 3.09. The Bertz CT molecular complexity index is 683. The lowest BCUT2D eigenvalue weighted by molar-refractivity contribution is 0.627. The van der Waals surface area contributed by atoms with E-state index in [1.54, 1.807) is 12.1 Å². The van der Waals surface area contributed by atoms with Crippen LogP contribution in [-0.4, -0.2) is 9.38 Å². The molecule has 0 saturated carbocycles. The highest BCUT2D eigenvalue weighted by molar-refractivity contribution is 5.47. The van der Waals surface area contributed by atoms with Crippen molar-refractivity contribution in [1.29, 1.82) is 0 Å². The van der Waals surface area contributed by atoms with E-state index in [0.29, 0.717) is 6.42 Å². The summed E-state index contributed by atoms with van der Waals surface area (Å²) in [6.45, 7) is 2.06. The van der Waals surface area contributed by atoms with Gasteiger partial charge in [-0.2, -0.15) is 0 Å². The molecule has 2 aromatic heterocycles. The van der Waals surface area contributed by atoms with Gasteiger partial charge in [0, 0.05) is 12.1 Å². The molecule has 0 spiro atoms. The number of nitrogens with zero attached hydrogens (tertiary/aromatic N) is 2. The van der Waals surface area contributed by atoms with Crippen LogP contribution in [0.2, 0.25) is 0 Å². The zero-order chi connectivity index (χ0) is 12.5. The maximum absolute atomic E-state index is 12.9. The molecule has 0 aliphatic carbocycles. The van der Waals surface area contributed by atoms with Gasteiger partial charge in [-0.1, -0.05) is 18.2 Å². The van der Waals surface area contributed by atoms with Gasteiger partial charge >= 0.3 is 0 Å². The number of rotatable bonds is 2. The molecule has 3 rings (SSSR count). The maximum atomic E-state index is 12.9. The number of imidazole rings is 1. The topological polar surface area (TPSA) is 17.3 Å². The van der Waals surface area contributed by atoms with Gasteiger partial charge in [-0.05, 0) is 36.8 Å². The van der Waals surface area contributed by atoms with Gasteiger partial charge in [0.2, 0.25) is 0 Å². The zero-order valence-electron chi connectivity index (χ0n) is 10.1. The summed E-state index contributed by atoms with van der Waals surface area (Å²) in [5, 5.41) is 0. The van der Waals surface area contributed by atoms with Crippen molar-refractivity contribution in [2.24, 2.45) is 0 Å². The number of halogens is 1. The molecule has 0 aliphatic heterocycles. The van der Waals surface area contributed by atoms with Crippen molar-refractivity contribution in [3.63, 3.8) is 0 Å². The second kappa shape index (κ2) is 4.26. The second-order valence-corrected chi connectivity index (χ2v) is 4.41. The second-order valence-electron chi connectivity index (χ2n) is 4.41. The van der Waals surface area contributed by atoms with E-state index in [1.165, 1.54) is 12.1 Å². The normalized spacial score (nSPS) is 11.0. The molecule has 0 fully saturated rings. The van der Waals surface area contributed by atoms with E-state index in [-0.39, 0.29) is 5.82 Å². The number of aryl methyl sites for hydroxylation is 1. The summed E-state index contributed by atoms with van der Waals surface area (Å²) >= 11 is 0. The summed E-state index contributed by atoms with van der Waals surface area (Å²) in [5.74, 6) is 0.776. The van der Waals surface area contributed by atoms with E-state index in [9.17, 15) is 4.39 Å². The molecule has 2 nitrogen and oxygen atoms in total. The fourth-order valence-electron chi connectivity index (χ4n) is 2.20. The molecular weight excluding hydrogens is 227 g/mol. The van der Waals surface area contributed by atoms with Crippen molar-refractivity contribution in [2.75, 3.05) is 0 Å². The average molecular weight is 240 g/mol. The molecule has 0 amide bonds. The van der Waals surface area contributed by atoms with Crippen LogP contribution < -0.4 is 0 Å². The minimum absolute atomic E-state index is 0.206. The molecular formula is C15H13FN2. The molecule has 0 aliphatic rings. The van der Waals surface area contributed by atoms with Gasteiger partial charge in [0.1, 0.15) is 11.6 Å². The van der Waals surface area contributed by atoms with Crippen LogP contribution in [0.5, 0.6) is 0 Å². The summed E-state index contributed by atoms with van der Waals surface area (Å²) in [4.78, 5) is 4.44. The first-order valence-electron chi connectivity index (χ1n) is 5.90. The van der Waals surface area contributed by atoms with Crippen molar-refractivity contribution in [3.8, 4) is 0 Å². The molecule has 2 heterocycles. The molecule has 18 heavy (non-hydrogen) atoms. The predicted octanol–water partition coefficient (Wildman–Crippen LogP) is 3.37. The molecule has 3 aromatic rings. The maximum Gasteiger partial charge on any atom is 0.123 e. The first-order valence-corrected chi connectivity index (χ1v) is 5.90. The minimum Gasteiger partial charge on any atom is -0.301 e. The highest BCUT2D eigenvalue weighted by Gasteiger charge is 2.06. The van der Waals surface area contributed by atoms with Crippen molar-refractivity contribution in [2.45, 2.75) is 13.3 Å². The van der Waals surface area contributed by atoms with Crippen molar-refractivity contribution >= 4 is 5.52 Å². The Morgan fingerprint density at radius 3 is 2.67 bits per heavy atom. The molecule has 1 aromatic carbocycles. The SMILES string of the molecule is Cc1cccc2cnc(Cc3ccc(F)cc3)n12. The van der Waals surface area contributed by atoms with Crippen LogP contribution in [0.1, 0.15) is 17.1 Å². The molecule has 3 heteroatoms. The van der Waals surface area contributed by atoms with Gasteiger partial charge in [-0.25, -0.2) is 9.37 Å². The van der Waals surface area contributed by atoms with Gasteiger partial charge in [-0.3, -0.25) is 0 Å². The minimum atomic E-state index is -0.206. The van der Waals surface area contributed by atoms with E-state index in [4.69, 9.17) is 0 Å². The number of aromatic nitrogens is 2. The van der Waals surface area contributed by atoms with Gasteiger partial charge in [0.25, 0.3) is 0 Å². The first kappa shape index (κ1) is 11.0. The summed E-state index contributed by atoms with van der Waals surface area (Å²) in [6.07, 6.45) is 2.57. The largest absolute Gasteiger partial charge is 0.301 e. The zero-order valence-corrected chi connectivity index (χ0v) is 10.1. The summed E-state index contributed by atoms with van der Waals surface area (Å²) < 4.78 is 15.0. The molecule has 0 bridgehead atoms. The number of hydrogen-bond acceptors (Lipinski definition) is 1. The van der Waals surface area contributed by atoms with Crippen LogP contribution in [0.25, 0.3) is 5.52 Å². The van der Waals surface area contributed by atoms with E-state index in [0.717, 1.165) is 22.6 Å². The number of benzene rings is 1. The lowest BCUT2D eigenvalue weighted by Crippen LogP contribution is -1.99. The lowest BCUT2D eigenvalue weighted by atomic mass is 10.1. The fraction of sp³-hybridized carbons (Fsp3) is 0.133. The fourth-order valence-corrected chi connectivity index (χ4v) is 2.20. The van der Waals surface area contributed by atoms with Crippen LogP contribution in [-0.2, 0) is 6.42 Å². The third-order valence-electron chi connectivity index (χ3n) is 3.09. The molecule has 0 radical (unpaired) electrons. The molecule has 0 unspecified atom stereocenters. The van der Waals surface area contributed by atoms with Gasteiger partial charge in [0.05, 0.1) is 11.7 Å². The molecule has 0 N–H and O–H groups in total. The van der Waals surface area contributed by atoms with E-state index < -0.39 is 0 Å². The quantitative estimate of drug-likeness (QED) is 0.671. The molecule has 0 saturated heterocycles. The Morgan fingerprint density at radius 1 is 1.11 bits per heavy atom. The Morgan fingerprint density at radius 2 is 1.89 bits per heavy atom. The van der Waals surface area contributed by atoms with Crippen LogP contribution in [0, 0.1) is 12.7 Å². The monoisotopic (exact) mass is 240 g/mol. The molecule has 90 valence electrons. The van der Waals surface area contributed by atoms with E-state index in [1.807, 2.05) is 18.3 Å². The average Bonchev–Trinajstić information content (AvgIpc) is 2.77. The highest BCUT2D eigenvalue weighted by atomic mass is 19.1. The third kappa shape index (κ3) is 1.88. The Labute approximate surface area is 105 Å². The predicted molar refractivity (Wildman–Crippen MR) is 69.1 cm³/mol.